The molecule has 1 aromatic heterocycles. The number of aryl methyl sites for hydroxylation is 1. The molecule has 2 amide bonds. The first-order chi connectivity index (χ1) is 12.2. The third-order valence-corrected chi connectivity index (χ3v) is 5.03. The molecule has 1 saturated heterocycles. The average Bonchev–Trinajstić information content (AvgIpc) is 3.24. The maximum Gasteiger partial charge on any atom is 0.251 e. The molecule has 2 aliphatic rings. The Morgan fingerprint density at radius 2 is 2.08 bits per heavy atom. The normalized spacial score (nSPS) is 19.8. The maximum atomic E-state index is 12.5. The molecule has 0 radical (unpaired) electrons. The van der Waals surface area contributed by atoms with Gasteiger partial charge in [-0.2, -0.15) is 0 Å². The Bertz CT molecular complexity index is 781. The number of fused-ring (bicyclic) bond motifs is 1. The van der Waals surface area contributed by atoms with Gasteiger partial charge in [-0.15, -0.1) is 0 Å². The molecule has 3 heterocycles. The number of likely N-dealkylation sites (tertiary alicyclic amines) is 1. The first-order valence-corrected chi connectivity index (χ1v) is 8.86. The van der Waals surface area contributed by atoms with Gasteiger partial charge < -0.3 is 14.8 Å². The van der Waals surface area contributed by atoms with Gasteiger partial charge in [0.15, 0.2) is 0 Å². The van der Waals surface area contributed by atoms with Gasteiger partial charge in [0.05, 0.1) is 0 Å². The van der Waals surface area contributed by atoms with E-state index in [1.807, 2.05) is 41.6 Å². The molecule has 6 nitrogen and oxygen atoms in total. The Morgan fingerprint density at radius 1 is 1.24 bits per heavy atom. The highest BCUT2D eigenvalue weighted by Crippen LogP contribution is 2.16. The highest BCUT2D eigenvalue weighted by atomic mass is 16.2. The summed E-state index contributed by atoms with van der Waals surface area (Å²) < 4.78 is 2.10. The van der Waals surface area contributed by atoms with Crippen molar-refractivity contribution in [2.75, 3.05) is 6.54 Å². The molecule has 1 atom stereocenters. The summed E-state index contributed by atoms with van der Waals surface area (Å²) >= 11 is 0. The minimum atomic E-state index is -0.0441. The lowest BCUT2D eigenvalue weighted by Crippen LogP contribution is -2.40. The fraction of sp³-hybridized carbons (Fsp3) is 0.421. The lowest BCUT2D eigenvalue weighted by atomic mass is 10.1. The van der Waals surface area contributed by atoms with Gasteiger partial charge in [0.25, 0.3) is 5.91 Å². The molecule has 0 spiro atoms. The van der Waals surface area contributed by atoms with E-state index < -0.39 is 0 Å². The summed E-state index contributed by atoms with van der Waals surface area (Å²) in [5.74, 6) is 1.27. The monoisotopic (exact) mass is 338 g/mol. The van der Waals surface area contributed by atoms with Gasteiger partial charge in [-0.25, -0.2) is 4.98 Å². The number of nitrogens with zero attached hydrogens (tertiary/aromatic N) is 3. The van der Waals surface area contributed by atoms with Crippen LogP contribution in [-0.4, -0.2) is 38.9 Å². The van der Waals surface area contributed by atoms with Crippen LogP contribution in [0.4, 0.5) is 0 Å². The first kappa shape index (κ1) is 15.9. The van der Waals surface area contributed by atoms with Crippen molar-refractivity contribution < 1.29 is 9.59 Å². The number of nitrogens with one attached hydrogen (secondary N) is 1. The summed E-state index contributed by atoms with van der Waals surface area (Å²) in [5, 5.41) is 3.11. The number of hydrogen-bond acceptors (Lipinski definition) is 3. The van der Waals surface area contributed by atoms with Crippen molar-refractivity contribution in [3.63, 3.8) is 0 Å². The van der Waals surface area contributed by atoms with Crippen molar-refractivity contribution in [3.05, 3.63) is 53.6 Å². The van der Waals surface area contributed by atoms with Crippen LogP contribution in [0.3, 0.4) is 0 Å². The topological polar surface area (TPSA) is 67.2 Å². The number of hydrogen-bond donors (Lipinski definition) is 1. The minimum Gasteiger partial charge on any atom is -0.347 e. The lowest BCUT2D eigenvalue weighted by Gasteiger charge is -2.24. The number of aromatic nitrogens is 2. The SMILES string of the molecule is O=C(NC1CCc2nccn2C1)c1ccc(CN2CCCC2=O)cc1. The fourth-order valence-corrected chi connectivity index (χ4v) is 3.61. The van der Waals surface area contributed by atoms with Gasteiger partial charge in [0, 0.05) is 56.5 Å². The van der Waals surface area contributed by atoms with Crippen molar-refractivity contribution in [1.82, 2.24) is 19.8 Å². The lowest BCUT2D eigenvalue weighted by molar-refractivity contribution is -0.128. The van der Waals surface area contributed by atoms with E-state index in [0.29, 0.717) is 18.5 Å². The van der Waals surface area contributed by atoms with E-state index >= 15 is 0 Å². The standard InChI is InChI=1S/C19H22N4O2/c24-18-2-1-10-23(18)12-14-3-5-15(6-4-14)19(25)21-16-7-8-17-20-9-11-22(17)13-16/h3-6,9,11,16H,1-2,7-8,10,12-13H2,(H,21,25). The molecule has 1 aromatic carbocycles. The molecule has 1 unspecified atom stereocenters. The molecule has 0 bridgehead atoms. The second-order valence-electron chi connectivity index (χ2n) is 6.82. The highest BCUT2D eigenvalue weighted by molar-refractivity contribution is 5.94. The van der Waals surface area contributed by atoms with E-state index in [0.717, 1.165) is 43.7 Å². The Kier molecular flexibility index (Phi) is 4.26. The van der Waals surface area contributed by atoms with E-state index in [1.165, 1.54) is 0 Å². The van der Waals surface area contributed by atoms with Crippen molar-refractivity contribution in [3.8, 4) is 0 Å². The van der Waals surface area contributed by atoms with Gasteiger partial charge in [-0.3, -0.25) is 9.59 Å². The molecule has 25 heavy (non-hydrogen) atoms. The summed E-state index contributed by atoms with van der Waals surface area (Å²) in [4.78, 5) is 30.4. The Hall–Kier alpha value is -2.63. The number of amides is 2. The molecular formula is C19H22N4O2. The molecule has 0 saturated carbocycles. The third kappa shape index (κ3) is 3.43. The molecule has 130 valence electrons. The van der Waals surface area contributed by atoms with E-state index in [-0.39, 0.29) is 17.9 Å². The molecule has 2 aliphatic heterocycles. The molecule has 0 aliphatic carbocycles. The van der Waals surface area contributed by atoms with Crippen LogP contribution in [0.25, 0.3) is 0 Å². The first-order valence-electron chi connectivity index (χ1n) is 8.86. The van der Waals surface area contributed by atoms with Crippen molar-refractivity contribution in [1.29, 1.82) is 0 Å². The molecular weight excluding hydrogens is 316 g/mol. The van der Waals surface area contributed by atoms with Crippen LogP contribution in [0, 0.1) is 0 Å². The number of carbonyl (C=O) groups is 2. The summed E-state index contributed by atoms with van der Waals surface area (Å²) in [6.45, 7) is 2.24. The van der Waals surface area contributed by atoms with Gasteiger partial charge in [-0.1, -0.05) is 12.1 Å². The second-order valence-corrected chi connectivity index (χ2v) is 6.82. The van der Waals surface area contributed by atoms with Gasteiger partial charge in [0.2, 0.25) is 5.91 Å². The van der Waals surface area contributed by atoms with E-state index in [1.54, 1.807) is 0 Å². The van der Waals surface area contributed by atoms with Crippen LogP contribution in [-0.2, 0) is 24.3 Å². The zero-order chi connectivity index (χ0) is 17.2. The largest absolute Gasteiger partial charge is 0.347 e. The number of benzene rings is 1. The van der Waals surface area contributed by atoms with Crippen LogP contribution in [0.5, 0.6) is 0 Å². The van der Waals surface area contributed by atoms with Crippen LogP contribution >= 0.6 is 0 Å². The Morgan fingerprint density at radius 3 is 2.84 bits per heavy atom. The Labute approximate surface area is 146 Å². The predicted molar refractivity (Wildman–Crippen MR) is 92.9 cm³/mol. The predicted octanol–water partition coefficient (Wildman–Crippen LogP) is 1.75. The fourth-order valence-electron chi connectivity index (χ4n) is 3.61. The van der Waals surface area contributed by atoms with Crippen LogP contribution in [0.1, 0.15) is 41.0 Å². The minimum absolute atomic E-state index is 0.0441. The summed E-state index contributed by atoms with van der Waals surface area (Å²) in [7, 11) is 0. The van der Waals surface area contributed by atoms with Gasteiger partial charge >= 0.3 is 0 Å². The van der Waals surface area contributed by atoms with E-state index in [2.05, 4.69) is 14.9 Å². The summed E-state index contributed by atoms with van der Waals surface area (Å²) in [6.07, 6.45) is 7.17. The van der Waals surface area contributed by atoms with Gasteiger partial charge in [0.1, 0.15) is 5.82 Å². The van der Waals surface area contributed by atoms with Crippen LogP contribution < -0.4 is 5.32 Å². The number of carbonyl (C=O) groups excluding carboxylic acids is 2. The third-order valence-electron chi connectivity index (χ3n) is 5.03. The van der Waals surface area contributed by atoms with Crippen molar-refractivity contribution in [2.45, 2.75) is 44.8 Å². The zero-order valence-corrected chi connectivity index (χ0v) is 14.1. The molecule has 4 rings (SSSR count). The van der Waals surface area contributed by atoms with Crippen molar-refractivity contribution >= 4 is 11.8 Å². The van der Waals surface area contributed by atoms with Gasteiger partial charge in [-0.05, 0) is 30.5 Å². The number of rotatable bonds is 4. The quantitative estimate of drug-likeness (QED) is 0.923. The zero-order valence-electron chi connectivity index (χ0n) is 14.1. The van der Waals surface area contributed by atoms with Crippen molar-refractivity contribution in [2.24, 2.45) is 0 Å². The smallest absolute Gasteiger partial charge is 0.251 e. The average molecular weight is 338 g/mol. The van der Waals surface area contributed by atoms with Crippen LogP contribution in [0.15, 0.2) is 36.7 Å². The molecule has 2 aromatic rings. The van der Waals surface area contributed by atoms with Crippen LogP contribution in [0.2, 0.25) is 0 Å². The highest BCUT2D eigenvalue weighted by Gasteiger charge is 2.22. The molecule has 1 N–H and O–H groups in total. The summed E-state index contributed by atoms with van der Waals surface area (Å²) in [5.41, 5.74) is 1.72. The van der Waals surface area contributed by atoms with E-state index in [4.69, 9.17) is 0 Å². The molecule has 1 fully saturated rings. The number of imidazole rings is 1. The summed E-state index contributed by atoms with van der Waals surface area (Å²) in [6, 6.07) is 7.70. The maximum absolute atomic E-state index is 12.5. The van der Waals surface area contributed by atoms with E-state index in [9.17, 15) is 9.59 Å². The Balaban J connectivity index is 1.35. The molecule has 6 heteroatoms. The second kappa shape index (κ2) is 6.70.